The average molecular weight is 226 g/mol. The number of hydrogen-bond donors (Lipinski definition) is 1. The summed E-state index contributed by atoms with van der Waals surface area (Å²) in [5.41, 5.74) is 1.21. The van der Waals surface area contributed by atoms with Gasteiger partial charge in [0, 0.05) is 10.1 Å². The molecule has 1 rings (SSSR count). The van der Waals surface area contributed by atoms with E-state index in [0.717, 1.165) is 17.1 Å². The number of ether oxygens (including phenoxy) is 1. The van der Waals surface area contributed by atoms with Gasteiger partial charge in [0.05, 0.1) is 13.7 Å². The van der Waals surface area contributed by atoms with Crippen molar-refractivity contribution in [3.05, 3.63) is 23.8 Å². The summed E-state index contributed by atoms with van der Waals surface area (Å²) in [4.78, 5) is 1.11. The molecule has 0 aromatic heterocycles. The molecule has 1 aromatic rings. The van der Waals surface area contributed by atoms with Gasteiger partial charge in [-0.25, -0.2) is 0 Å². The van der Waals surface area contributed by atoms with Gasteiger partial charge in [-0.3, -0.25) is 0 Å². The lowest BCUT2D eigenvalue weighted by Crippen LogP contribution is -2.06. The van der Waals surface area contributed by atoms with Crippen molar-refractivity contribution in [2.75, 3.05) is 13.7 Å². The van der Waals surface area contributed by atoms with Crippen LogP contribution in [0.4, 0.5) is 0 Å². The summed E-state index contributed by atoms with van der Waals surface area (Å²) in [6, 6.07) is 6.10. The molecule has 0 aliphatic rings. The van der Waals surface area contributed by atoms with Crippen LogP contribution in [0.5, 0.6) is 5.75 Å². The first-order chi connectivity index (χ1) is 7.21. The van der Waals surface area contributed by atoms with Crippen LogP contribution in [0, 0.1) is 6.92 Å². The third kappa shape index (κ3) is 3.43. The molecule has 0 bridgehead atoms. The van der Waals surface area contributed by atoms with Crippen LogP contribution in [-0.2, 0) is 0 Å². The van der Waals surface area contributed by atoms with Gasteiger partial charge in [-0.05, 0) is 31.0 Å². The highest BCUT2D eigenvalue weighted by Gasteiger charge is 2.10. The second-order valence-electron chi connectivity index (χ2n) is 3.48. The molecule has 0 spiro atoms. The summed E-state index contributed by atoms with van der Waals surface area (Å²) in [5, 5.41) is 9.41. The van der Waals surface area contributed by atoms with E-state index in [4.69, 9.17) is 9.84 Å². The van der Waals surface area contributed by atoms with Crippen molar-refractivity contribution in [2.45, 2.75) is 30.4 Å². The van der Waals surface area contributed by atoms with E-state index in [-0.39, 0.29) is 11.9 Å². The van der Waals surface area contributed by atoms with Gasteiger partial charge in [-0.2, -0.15) is 0 Å². The summed E-state index contributed by atoms with van der Waals surface area (Å²) in [7, 11) is 1.68. The van der Waals surface area contributed by atoms with Gasteiger partial charge in [0.1, 0.15) is 5.75 Å². The Balaban J connectivity index is 2.86. The van der Waals surface area contributed by atoms with Gasteiger partial charge in [0.15, 0.2) is 0 Å². The molecular weight excluding hydrogens is 208 g/mol. The molecule has 3 heteroatoms. The molecule has 1 unspecified atom stereocenters. The lowest BCUT2D eigenvalue weighted by molar-refractivity contribution is 0.292. The Morgan fingerprint density at radius 1 is 1.47 bits per heavy atom. The first-order valence-electron chi connectivity index (χ1n) is 5.13. The van der Waals surface area contributed by atoms with Crippen LogP contribution in [0.15, 0.2) is 23.1 Å². The number of hydrogen-bond acceptors (Lipinski definition) is 3. The van der Waals surface area contributed by atoms with Crippen molar-refractivity contribution >= 4 is 11.8 Å². The number of methoxy groups -OCH3 is 1. The molecule has 1 N–H and O–H groups in total. The minimum absolute atomic E-state index is 0.207. The molecule has 0 fully saturated rings. The molecule has 0 aliphatic heterocycles. The monoisotopic (exact) mass is 226 g/mol. The topological polar surface area (TPSA) is 29.5 Å². The summed E-state index contributed by atoms with van der Waals surface area (Å²) >= 11 is 1.68. The minimum atomic E-state index is 0.207. The molecule has 84 valence electrons. The van der Waals surface area contributed by atoms with E-state index < -0.39 is 0 Å². The van der Waals surface area contributed by atoms with Crippen molar-refractivity contribution in [1.29, 1.82) is 0 Å². The van der Waals surface area contributed by atoms with Crippen LogP contribution in [0.1, 0.15) is 18.9 Å². The normalized spacial score (nSPS) is 12.5. The highest BCUT2D eigenvalue weighted by Crippen LogP contribution is 2.33. The quantitative estimate of drug-likeness (QED) is 0.783. The van der Waals surface area contributed by atoms with E-state index in [1.807, 2.05) is 12.1 Å². The molecule has 1 aromatic carbocycles. The first kappa shape index (κ1) is 12.4. The van der Waals surface area contributed by atoms with Gasteiger partial charge < -0.3 is 9.84 Å². The Morgan fingerprint density at radius 2 is 2.20 bits per heavy atom. The van der Waals surface area contributed by atoms with Gasteiger partial charge in [0.2, 0.25) is 0 Å². The van der Waals surface area contributed by atoms with Crippen molar-refractivity contribution in [1.82, 2.24) is 0 Å². The average Bonchev–Trinajstić information content (AvgIpc) is 2.26. The minimum Gasteiger partial charge on any atom is -0.496 e. The standard InChI is InChI=1S/C12H18O2S/c1-4-10(8-13)15-12-7-9(2)5-6-11(12)14-3/h5-7,10,13H,4,8H2,1-3H3. The second-order valence-corrected chi connectivity index (χ2v) is 4.83. The van der Waals surface area contributed by atoms with Crippen LogP contribution in [-0.4, -0.2) is 24.1 Å². The molecule has 0 saturated carbocycles. The lowest BCUT2D eigenvalue weighted by atomic mass is 10.2. The maximum absolute atomic E-state index is 9.16. The summed E-state index contributed by atoms with van der Waals surface area (Å²) in [5.74, 6) is 0.887. The largest absolute Gasteiger partial charge is 0.496 e. The molecule has 0 radical (unpaired) electrons. The maximum Gasteiger partial charge on any atom is 0.132 e. The van der Waals surface area contributed by atoms with Crippen LogP contribution in [0.3, 0.4) is 0 Å². The van der Waals surface area contributed by atoms with E-state index in [0.29, 0.717) is 0 Å². The van der Waals surface area contributed by atoms with E-state index in [9.17, 15) is 0 Å². The molecule has 2 nitrogen and oxygen atoms in total. The zero-order chi connectivity index (χ0) is 11.3. The lowest BCUT2D eigenvalue weighted by Gasteiger charge is -2.14. The van der Waals surface area contributed by atoms with Crippen molar-refractivity contribution in [3.8, 4) is 5.75 Å². The van der Waals surface area contributed by atoms with Gasteiger partial charge in [0.25, 0.3) is 0 Å². The van der Waals surface area contributed by atoms with Crippen molar-refractivity contribution in [2.24, 2.45) is 0 Å². The van der Waals surface area contributed by atoms with Crippen molar-refractivity contribution < 1.29 is 9.84 Å². The third-order valence-corrected chi connectivity index (χ3v) is 3.66. The van der Waals surface area contributed by atoms with Crippen LogP contribution >= 0.6 is 11.8 Å². The smallest absolute Gasteiger partial charge is 0.132 e. The molecule has 0 heterocycles. The molecule has 0 saturated heterocycles. The Labute approximate surface area is 95.7 Å². The summed E-state index contributed by atoms with van der Waals surface area (Å²) in [6.07, 6.45) is 0.957. The van der Waals surface area contributed by atoms with Crippen LogP contribution < -0.4 is 4.74 Å². The second kappa shape index (κ2) is 6.03. The van der Waals surface area contributed by atoms with Crippen LogP contribution in [0.2, 0.25) is 0 Å². The predicted molar refractivity (Wildman–Crippen MR) is 64.8 cm³/mol. The Bertz CT molecular complexity index is 308. The number of thioether (sulfide) groups is 1. The van der Waals surface area contributed by atoms with E-state index in [1.54, 1.807) is 18.9 Å². The molecule has 0 aliphatic carbocycles. The molecule has 15 heavy (non-hydrogen) atoms. The number of aryl methyl sites for hydroxylation is 1. The number of aliphatic hydroxyl groups is 1. The Hall–Kier alpha value is -0.670. The summed E-state index contributed by atoms with van der Waals surface area (Å²) < 4.78 is 5.29. The third-order valence-electron chi connectivity index (χ3n) is 2.27. The molecular formula is C12H18O2S. The van der Waals surface area contributed by atoms with E-state index >= 15 is 0 Å². The van der Waals surface area contributed by atoms with Crippen LogP contribution in [0.25, 0.3) is 0 Å². The zero-order valence-electron chi connectivity index (χ0n) is 9.49. The highest BCUT2D eigenvalue weighted by atomic mass is 32.2. The summed E-state index contributed by atoms with van der Waals surface area (Å²) in [6.45, 7) is 4.35. The predicted octanol–water partition coefficient (Wildman–Crippen LogP) is 2.87. The van der Waals surface area contributed by atoms with Crippen molar-refractivity contribution in [3.63, 3.8) is 0 Å². The fourth-order valence-corrected chi connectivity index (χ4v) is 2.43. The fourth-order valence-electron chi connectivity index (χ4n) is 1.31. The Kier molecular flexibility index (Phi) is 4.99. The maximum atomic E-state index is 9.16. The van der Waals surface area contributed by atoms with E-state index in [1.165, 1.54) is 5.56 Å². The molecule has 1 atom stereocenters. The van der Waals surface area contributed by atoms with Gasteiger partial charge in [-0.15, -0.1) is 11.8 Å². The Morgan fingerprint density at radius 3 is 2.73 bits per heavy atom. The van der Waals surface area contributed by atoms with E-state index in [2.05, 4.69) is 19.9 Å². The highest BCUT2D eigenvalue weighted by molar-refractivity contribution is 8.00. The zero-order valence-corrected chi connectivity index (χ0v) is 10.3. The van der Waals surface area contributed by atoms with Gasteiger partial charge in [-0.1, -0.05) is 13.0 Å². The SMILES string of the molecule is CCC(CO)Sc1cc(C)ccc1OC. The number of aliphatic hydroxyl groups excluding tert-OH is 1. The number of rotatable bonds is 5. The number of benzene rings is 1. The van der Waals surface area contributed by atoms with Gasteiger partial charge >= 0.3 is 0 Å². The molecule has 0 amide bonds. The fraction of sp³-hybridized carbons (Fsp3) is 0.500. The first-order valence-corrected chi connectivity index (χ1v) is 6.01.